The first kappa shape index (κ1) is 9.83. The maximum atomic E-state index is 5.68. The van der Waals surface area contributed by atoms with Gasteiger partial charge in [0.1, 0.15) is 0 Å². The zero-order chi connectivity index (χ0) is 10.1. The van der Waals surface area contributed by atoms with Crippen LogP contribution in [0.4, 0.5) is 0 Å². The van der Waals surface area contributed by atoms with E-state index in [-0.39, 0.29) is 10.6 Å². The van der Waals surface area contributed by atoms with E-state index in [9.17, 15) is 0 Å². The van der Waals surface area contributed by atoms with Crippen LogP contribution < -0.4 is 0 Å². The fraction of sp³-hybridized carbons (Fsp3) is 0.125. The number of thiophene rings is 1. The van der Waals surface area contributed by atoms with Crippen molar-refractivity contribution in [2.75, 3.05) is 0 Å². The summed E-state index contributed by atoms with van der Waals surface area (Å²) in [7, 11) is 0. The fourth-order valence-electron chi connectivity index (χ4n) is 1.06. The van der Waals surface area contributed by atoms with Crippen molar-refractivity contribution in [3.63, 3.8) is 0 Å². The molecule has 0 amide bonds. The molecule has 0 atom stereocenters. The molecule has 0 spiro atoms. The predicted molar refractivity (Wildman–Crippen MR) is 57.9 cm³/mol. The summed E-state index contributed by atoms with van der Waals surface area (Å²) < 4.78 is 0. The van der Waals surface area contributed by atoms with E-state index in [0.717, 1.165) is 10.4 Å². The van der Waals surface area contributed by atoms with Crippen LogP contribution in [0.5, 0.6) is 0 Å². The Kier molecular flexibility index (Phi) is 2.67. The van der Waals surface area contributed by atoms with Gasteiger partial charge < -0.3 is 0 Å². The van der Waals surface area contributed by atoms with E-state index in [1.807, 2.05) is 18.4 Å². The van der Waals surface area contributed by atoms with Crippen molar-refractivity contribution < 1.29 is 0 Å². The second-order valence-corrected chi connectivity index (χ2v) is 4.38. The third kappa shape index (κ3) is 1.87. The van der Waals surface area contributed by atoms with Gasteiger partial charge in [0.05, 0.1) is 0 Å². The van der Waals surface area contributed by atoms with Gasteiger partial charge >= 0.3 is 0 Å². The van der Waals surface area contributed by atoms with Crippen molar-refractivity contribution >= 4 is 34.5 Å². The number of hydrogen-bond acceptors (Lipinski definition) is 4. The van der Waals surface area contributed by atoms with Crippen molar-refractivity contribution in [1.82, 2.24) is 15.0 Å². The molecule has 2 heterocycles. The molecule has 0 aromatic carbocycles. The largest absolute Gasteiger partial charge is 0.227 e. The average molecular weight is 246 g/mol. The molecular formula is C8H5Cl2N3S. The molecule has 0 bridgehead atoms. The number of hydrogen-bond donors (Lipinski definition) is 0. The predicted octanol–water partition coefficient (Wildman–Crippen LogP) is 3.22. The molecule has 2 aromatic heterocycles. The Morgan fingerprint density at radius 3 is 2.29 bits per heavy atom. The summed E-state index contributed by atoms with van der Waals surface area (Å²) in [5.41, 5.74) is 0.946. The second kappa shape index (κ2) is 3.81. The molecule has 0 N–H and O–H groups in total. The molecule has 2 aromatic rings. The van der Waals surface area contributed by atoms with Crippen molar-refractivity contribution in [2.45, 2.75) is 6.92 Å². The smallest absolute Gasteiger partial charge is 0.198 e. The normalized spacial score (nSPS) is 10.5. The molecule has 0 saturated carbocycles. The first-order valence-electron chi connectivity index (χ1n) is 3.78. The molecular weight excluding hydrogens is 241 g/mol. The fourth-order valence-corrected chi connectivity index (χ4v) is 2.12. The van der Waals surface area contributed by atoms with E-state index in [2.05, 4.69) is 15.0 Å². The van der Waals surface area contributed by atoms with Crippen LogP contribution in [-0.4, -0.2) is 15.0 Å². The lowest BCUT2D eigenvalue weighted by atomic mass is 10.2. The third-order valence-corrected chi connectivity index (χ3v) is 2.86. The van der Waals surface area contributed by atoms with Crippen molar-refractivity contribution in [2.24, 2.45) is 0 Å². The SMILES string of the molecule is Cc1sccc1-c1nc(Cl)nc(Cl)n1. The highest BCUT2D eigenvalue weighted by Gasteiger charge is 2.08. The summed E-state index contributed by atoms with van der Waals surface area (Å²) in [5, 5.41) is 2.20. The number of halogens is 2. The maximum absolute atomic E-state index is 5.68. The monoisotopic (exact) mass is 245 g/mol. The lowest BCUT2D eigenvalue weighted by Crippen LogP contribution is -1.93. The highest BCUT2D eigenvalue weighted by Crippen LogP contribution is 2.25. The van der Waals surface area contributed by atoms with Crippen molar-refractivity contribution in [3.05, 3.63) is 26.9 Å². The molecule has 6 heteroatoms. The van der Waals surface area contributed by atoms with E-state index in [1.165, 1.54) is 0 Å². The first-order valence-corrected chi connectivity index (χ1v) is 5.42. The van der Waals surface area contributed by atoms with E-state index in [4.69, 9.17) is 23.2 Å². The van der Waals surface area contributed by atoms with Gasteiger partial charge in [-0.1, -0.05) is 0 Å². The van der Waals surface area contributed by atoms with Crippen LogP contribution in [0, 0.1) is 6.92 Å². The van der Waals surface area contributed by atoms with Gasteiger partial charge in [0.15, 0.2) is 5.82 Å². The number of nitrogens with zero attached hydrogens (tertiary/aromatic N) is 3. The number of aromatic nitrogens is 3. The molecule has 0 radical (unpaired) electrons. The molecule has 72 valence electrons. The van der Waals surface area contributed by atoms with Crippen LogP contribution in [-0.2, 0) is 0 Å². The van der Waals surface area contributed by atoms with Gasteiger partial charge in [-0.05, 0) is 41.6 Å². The zero-order valence-electron chi connectivity index (χ0n) is 7.16. The lowest BCUT2D eigenvalue weighted by Gasteiger charge is -1.98. The quantitative estimate of drug-likeness (QED) is 0.775. The maximum Gasteiger partial charge on any atom is 0.227 e. The Morgan fingerprint density at radius 2 is 1.79 bits per heavy atom. The van der Waals surface area contributed by atoms with Crippen LogP contribution in [0.1, 0.15) is 4.88 Å². The molecule has 0 aliphatic heterocycles. The Morgan fingerprint density at radius 1 is 1.14 bits per heavy atom. The van der Waals surface area contributed by atoms with Gasteiger partial charge in [0.25, 0.3) is 0 Å². The van der Waals surface area contributed by atoms with Crippen molar-refractivity contribution in [1.29, 1.82) is 0 Å². The second-order valence-electron chi connectivity index (χ2n) is 2.59. The molecule has 0 saturated heterocycles. The molecule has 3 nitrogen and oxygen atoms in total. The topological polar surface area (TPSA) is 38.7 Å². The van der Waals surface area contributed by atoms with Gasteiger partial charge in [0, 0.05) is 10.4 Å². The van der Waals surface area contributed by atoms with Crippen LogP contribution in [0.3, 0.4) is 0 Å². The molecule has 0 unspecified atom stereocenters. The Labute approximate surface area is 94.8 Å². The minimum Gasteiger partial charge on any atom is -0.198 e. The molecule has 0 aliphatic carbocycles. The molecule has 0 aliphatic rings. The average Bonchev–Trinajstić information content (AvgIpc) is 2.49. The number of rotatable bonds is 1. The van der Waals surface area contributed by atoms with E-state index >= 15 is 0 Å². The van der Waals surface area contributed by atoms with Crippen LogP contribution in [0.2, 0.25) is 10.6 Å². The highest BCUT2D eigenvalue weighted by molar-refractivity contribution is 7.10. The Hall–Kier alpha value is -0.710. The molecule has 0 fully saturated rings. The minimum atomic E-state index is 0.116. The Balaban J connectivity index is 2.57. The highest BCUT2D eigenvalue weighted by atomic mass is 35.5. The summed E-state index contributed by atoms with van der Waals surface area (Å²) >= 11 is 13.0. The van der Waals surface area contributed by atoms with Crippen molar-refractivity contribution in [3.8, 4) is 11.4 Å². The van der Waals surface area contributed by atoms with Crippen LogP contribution in [0.25, 0.3) is 11.4 Å². The van der Waals surface area contributed by atoms with Gasteiger partial charge in [-0.3, -0.25) is 0 Å². The molecule has 2 rings (SSSR count). The van der Waals surface area contributed by atoms with Gasteiger partial charge in [-0.15, -0.1) is 11.3 Å². The van der Waals surface area contributed by atoms with E-state index in [0.29, 0.717) is 5.82 Å². The van der Waals surface area contributed by atoms with E-state index < -0.39 is 0 Å². The summed E-state index contributed by atoms with van der Waals surface area (Å²) in [5.74, 6) is 0.522. The van der Waals surface area contributed by atoms with Gasteiger partial charge in [-0.2, -0.15) is 15.0 Å². The first-order chi connectivity index (χ1) is 6.66. The van der Waals surface area contributed by atoms with Gasteiger partial charge in [0.2, 0.25) is 10.6 Å². The lowest BCUT2D eigenvalue weighted by molar-refractivity contribution is 1.06. The summed E-state index contributed by atoms with van der Waals surface area (Å²) in [6.07, 6.45) is 0. The third-order valence-electron chi connectivity index (χ3n) is 1.68. The zero-order valence-corrected chi connectivity index (χ0v) is 9.49. The van der Waals surface area contributed by atoms with E-state index in [1.54, 1.807) is 11.3 Å². The standard InChI is InChI=1S/C8H5Cl2N3S/c1-4-5(2-3-14-4)6-11-7(9)13-8(10)12-6/h2-3H,1H3. The van der Waals surface area contributed by atoms with Crippen LogP contribution >= 0.6 is 34.5 Å². The minimum absolute atomic E-state index is 0.116. The Bertz CT molecular complexity index is 449. The number of aryl methyl sites for hydroxylation is 1. The van der Waals surface area contributed by atoms with Gasteiger partial charge in [-0.25, -0.2) is 0 Å². The summed E-state index contributed by atoms with van der Waals surface area (Å²) in [6, 6.07) is 1.93. The van der Waals surface area contributed by atoms with Crippen LogP contribution in [0.15, 0.2) is 11.4 Å². The summed E-state index contributed by atoms with van der Waals surface area (Å²) in [6.45, 7) is 1.99. The summed E-state index contributed by atoms with van der Waals surface area (Å²) in [4.78, 5) is 12.8. The molecule has 14 heavy (non-hydrogen) atoms.